The van der Waals surface area contributed by atoms with E-state index < -0.39 is 0 Å². The van der Waals surface area contributed by atoms with Gasteiger partial charge >= 0.3 is 0 Å². The predicted molar refractivity (Wildman–Crippen MR) is 127 cm³/mol. The van der Waals surface area contributed by atoms with Crippen molar-refractivity contribution in [2.24, 2.45) is 0 Å². The quantitative estimate of drug-likeness (QED) is 0.478. The van der Waals surface area contributed by atoms with E-state index in [1.807, 2.05) is 0 Å². The van der Waals surface area contributed by atoms with Crippen LogP contribution in [0, 0.1) is 5.82 Å². The van der Waals surface area contributed by atoms with Crippen molar-refractivity contribution in [2.45, 2.75) is 6.61 Å². The molecule has 4 rings (SSSR count). The van der Waals surface area contributed by atoms with E-state index in [2.05, 4.69) is 25.5 Å². The second-order valence-electron chi connectivity index (χ2n) is 7.68. The molecule has 0 radical (unpaired) electrons. The van der Waals surface area contributed by atoms with E-state index in [1.165, 1.54) is 24.7 Å². The minimum absolute atomic E-state index is 0.185. The molecule has 1 fully saturated rings. The van der Waals surface area contributed by atoms with Gasteiger partial charge in [0, 0.05) is 38.1 Å². The molecule has 1 aliphatic heterocycles. The molecule has 0 unspecified atom stereocenters. The van der Waals surface area contributed by atoms with Gasteiger partial charge < -0.3 is 20.1 Å². The first kappa shape index (κ1) is 23.9. The Morgan fingerprint density at radius 2 is 2.06 bits per heavy atom. The average Bonchev–Trinajstić information content (AvgIpc) is 2.84. The molecule has 1 aromatic heterocycles. The van der Waals surface area contributed by atoms with Gasteiger partial charge in [-0.25, -0.2) is 14.4 Å². The Kier molecular flexibility index (Phi) is 8.24. The third-order valence-electron chi connectivity index (χ3n) is 5.25. The number of anilines is 2. The Hall–Kier alpha value is -3.27. The largest absolute Gasteiger partial charge is 0.487 e. The van der Waals surface area contributed by atoms with E-state index in [1.54, 1.807) is 30.3 Å². The number of hydrogen-bond acceptors (Lipinski definition) is 7. The molecular weight excluding hydrogens is 461 g/mol. The zero-order chi connectivity index (χ0) is 23.8. The zero-order valence-electron chi connectivity index (χ0n) is 18.5. The number of ether oxygens (including phenoxy) is 2. The van der Waals surface area contributed by atoms with Crippen LogP contribution in [-0.2, 0) is 11.3 Å². The van der Waals surface area contributed by atoms with Crippen molar-refractivity contribution in [3.63, 3.8) is 0 Å². The second kappa shape index (κ2) is 11.7. The van der Waals surface area contributed by atoms with E-state index in [4.69, 9.17) is 21.1 Å². The summed E-state index contributed by atoms with van der Waals surface area (Å²) in [5, 5.41) is 6.40. The van der Waals surface area contributed by atoms with E-state index in [0.29, 0.717) is 53.2 Å². The fourth-order valence-electron chi connectivity index (χ4n) is 3.46. The molecule has 0 aliphatic carbocycles. The van der Waals surface area contributed by atoms with Crippen LogP contribution in [0.3, 0.4) is 0 Å². The Morgan fingerprint density at radius 3 is 2.85 bits per heavy atom. The Balaban J connectivity index is 1.35. The van der Waals surface area contributed by atoms with Gasteiger partial charge in [-0.2, -0.15) is 0 Å². The van der Waals surface area contributed by atoms with Crippen LogP contribution in [0.15, 0.2) is 55.0 Å². The van der Waals surface area contributed by atoms with Crippen LogP contribution in [0.1, 0.15) is 15.9 Å². The van der Waals surface area contributed by atoms with Gasteiger partial charge in [0.25, 0.3) is 5.91 Å². The van der Waals surface area contributed by atoms with Gasteiger partial charge in [-0.05, 0) is 35.9 Å². The predicted octanol–water partition coefficient (Wildman–Crippen LogP) is 3.65. The highest BCUT2D eigenvalue weighted by molar-refractivity contribution is 6.32. The number of amides is 1. The van der Waals surface area contributed by atoms with Crippen LogP contribution < -0.4 is 15.4 Å². The number of aromatic nitrogens is 2. The fraction of sp³-hybridized carbons (Fsp3) is 0.292. The SMILES string of the molecule is O=C(NCCN1CCOCC1)c1cncnc1Nc1ccc(OCc2cccc(F)c2)c(Cl)c1. The Morgan fingerprint density at radius 1 is 1.21 bits per heavy atom. The summed E-state index contributed by atoms with van der Waals surface area (Å²) in [6, 6.07) is 11.3. The molecule has 2 N–H and O–H groups in total. The summed E-state index contributed by atoms with van der Waals surface area (Å²) in [6.07, 6.45) is 2.84. The number of benzene rings is 2. The number of carbonyl (C=O) groups is 1. The molecule has 0 atom stereocenters. The minimum Gasteiger partial charge on any atom is -0.487 e. The molecular formula is C24H25ClFN5O3. The highest BCUT2D eigenvalue weighted by Crippen LogP contribution is 2.30. The van der Waals surface area contributed by atoms with Crippen LogP contribution >= 0.6 is 11.6 Å². The molecule has 1 saturated heterocycles. The maximum Gasteiger partial charge on any atom is 0.256 e. The molecule has 0 bridgehead atoms. The van der Waals surface area contributed by atoms with Crippen molar-refractivity contribution in [3.05, 3.63) is 77.0 Å². The standard InChI is InChI=1S/C24H25ClFN5O3/c25-21-13-19(4-5-22(21)34-15-17-2-1-3-18(26)12-17)30-23-20(14-27-16-29-23)24(32)28-6-7-31-8-10-33-11-9-31/h1-5,12-14,16H,6-11,15H2,(H,28,32)(H,27,29,30). The Bertz CT molecular complexity index is 1130. The van der Waals surface area contributed by atoms with Gasteiger partial charge in [0.05, 0.1) is 18.2 Å². The van der Waals surface area contributed by atoms with E-state index in [-0.39, 0.29) is 18.3 Å². The van der Waals surface area contributed by atoms with Gasteiger partial charge in [0.15, 0.2) is 0 Å². The minimum atomic E-state index is -0.322. The zero-order valence-corrected chi connectivity index (χ0v) is 19.2. The van der Waals surface area contributed by atoms with Gasteiger partial charge in [-0.3, -0.25) is 9.69 Å². The van der Waals surface area contributed by atoms with Crippen LogP contribution in [0.5, 0.6) is 5.75 Å². The summed E-state index contributed by atoms with van der Waals surface area (Å²) in [4.78, 5) is 23.2. The lowest BCUT2D eigenvalue weighted by atomic mass is 10.2. The van der Waals surface area contributed by atoms with Crippen molar-refractivity contribution < 1.29 is 18.7 Å². The van der Waals surface area contributed by atoms with E-state index >= 15 is 0 Å². The van der Waals surface area contributed by atoms with Crippen molar-refractivity contribution in [2.75, 3.05) is 44.7 Å². The van der Waals surface area contributed by atoms with Gasteiger partial charge in [0.2, 0.25) is 0 Å². The summed E-state index contributed by atoms with van der Waals surface area (Å²) >= 11 is 6.37. The molecule has 1 aliphatic rings. The number of morpholine rings is 1. The third kappa shape index (κ3) is 6.63. The molecule has 0 saturated carbocycles. The lowest BCUT2D eigenvalue weighted by molar-refractivity contribution is 0.0383. The molecule has 2 aromatic carbocycles. The van der Waals surface area contributed by atoms with Gasteiger partial charge in [-0.15, -0.1) is 0 Å². The van der Waals surface area contributed by atoms with Crippen molar-refractivity contribution in [1.82, 2.24) is 20.2 Å². The smallest absolute Gasteiger partial charge is 0.256 e. The first-order valence-corrected chi connectivity index (χ1v) is 11.3. The van der Waals surface area contributed by atoms with Crippen LogP contribution in [0.4, 0.5) is 15.9 Å². The van der Waals surface area contributed by atoms with Crippen molar-refractivity contribution in [3.8, 4) is 5.75 Å². The maximum atomic E-state index is 13.3. The van der Waals surface area contributed by atoms with Gasteiger partial charge in [0.1, 0.15) is 35.9 Å². The number of hydrogen-bond donors (Lipinski definition) is 2. The van der Waals surface area contributed by atoms with E-state index in [9.17, 15) is 9.18 Å². The fourth-order valence-corrected chi connectivity index (χ4v) is 3.70. The van der Waals surface area contributed by atoms with Crippen LogP contribution in [-0.4, -0.2) is 60.2 Å². The highest BCUT2D eigenvalue weighted by Gasteiger charge is 2.15. The topological polar surface area (TPSA) is 88.6 Å². The normalized spacial score (nSPS) is 13.9. The summed E-state index contributed by atoms with van der Waals surface area (Å²) in [7, 11) is 0. The maximum absolute atomic E-state index is 13.3. The third-order valence-corrected chi connectivity index (χ3v) is 5.55. The first-order chi connectivity index (χ1) is 16.6. The summed E-state index contributed by atoms with van der Waals surface area (Å²) in [5.41, 5.74) is 1.65. The van der Waals surface area contributed by atoms with Crippen molar-refractivity contribution >= 4 is 29.0 Å². The Labute approximate surface area is 202 Å². The molecule has 0 spiro atoms. The highest BCUT2D eigenvalue weighted by atomic mass is 35.5. The molecule has 2 heterocycles. The lowest BCUT2D eigenvalue weighted by Gasteiger charge is -2.26. The summed E-state index contributed by atoms with van der Waals surface area (Å²) in [6.45, 7) is 4.59. The van der Waals surface area contributed by atoms with Crippen LogP contribution in [0.25, 0.3) is 0 Å². The molecule has 1 amide bonds. The van der Waals surface area contributed by atoms with E-state index in [0.717, 1.165) is 19.6 Å². The van der Waals surface area contributed by atoms with Gasteiger partial charge in [-0.1, -0.05) is 23.7 Å². The second-order valence-corrected chi connectivity index (χ2v) is 8.09. The molecule has 10 heteroatoms. The molecule has 178 valence electrons. The monoisotopic (exact) mass is 485 g/mol. The number of nitrogens with zero attached hydrogens (tertiary/aromatic N) is 3. The number of rotatable bonds is 9. The molecule has 8 nitrogen and oxygen atoms in total. The number of halogens is 2. The average molecular weight is 486 g/mol. The first-order valence-electron chi connectivity index (χ1n) is 10.9. The number of carbonyl (C=O) groups excluding carboxylic acids is 1. The summed E-state index contributed by atoms with van der Waals surface area (Å²) in [5.74, 6) is 0.235. The van der Waals surface area contributed by atoms with Crippen LogP contribution in [0.2, 0.25) is 5.02 Å². The van der Waals surface area contributed by atoms with Crippen molar-refractivity contribution in [1.29, 1.82) is 0 Å². The molecule has 34 heavy (non-hydrogen) atoms. The summed E-state index contributed by atoms with van der Waals surface area (Å²) < 4.78 is 24.4. The number of nitrogens with one attached hydrogen (secondary N) is 2. The molecule has 3 aromatic rings. The lowest BCUT2D eigenvalue weighted by Crippen LogP contribution is -2.41.